The van der Waals surface area contributed by atoms with E-state index in [1.165, 1.54) is 18.4 Å². The van der Waals surface area contributed by atoms with Crippen LogP contribution in [0.25, 0.3) is 0 Å². The quantitative estimate of drug-likeness (QED) is 0.858. The molecule has 1 saturated heterocycles. The Labute approximate surface area is 110 Å². The highest BCUT2D eigenvalue weighted by Gasteiger charge is 2.24. The molecular formula is C15H24N2O. The van der Waals surface area contributed by atoms with Crippen molar-refractivity contribution in [3.63, 3.8) is 0 Å². The maximum atomic E-state index is 9.53. The second kappa shape index (κ2) is 6.21. The van der Waals surface area contributed by atoms with Gasteiger partial charge in [0.2, 0.25) is 0 Å². The third-order valence-corrected chi connectivity index (χ3v) is 3.64. The Morgan fingerprint density at radius 1 is 1.44 bits per heavy atom. The average Bonchev–Trinajstić information content (AvgIpc) is 2.33. The van der Waals surface area contributed by atoms with Crippen molar-refractivity contribution >= 4 is 0 Å². The third-order valence-electron chi connectivity index (χ3n) is 3.64. The molecule has 1 aliphatic heterocycles. The van der Waals surface area contributed by atoms with E-state index in [4.69, 9.17) is 0 Å². The highest BCUT2D eigenvalue weighted by molar-refractivity contribution is 5.27. The molecule has 0 aliphatic carbocycles. The van der Waals surface area contributed by atoms with Gasteiger partial charge in [0.25, 0.3) is 0 Å². The summed E-state index contributed by atoms with van der Waals surface area (Å²) >= 11 is 0. The van der Waals surface area contributed by atoms with Crippen LogP contribution in [-0.4, -0.2) is 35.2 Å². The van der Waals surface area contributed by atoms with Crippen LogP contribution >= 0.6 is 0 Å². The number of hydrogen-bond donors (Lipinski definition) is 2. The fourth-order valence-corrected chi connectivity index (χ4v) is 2.73. The normalized spacial score (nSPS) is 25.2. The molecule has 1 fully saturated rings. The molecule has 18 heavy (non-hydrogen) atoms. The molecule has 0 radical (unpaired) electrons. The average molecular weight is 248 g/mol. The van der Waals surface area contributed by atoms with E-state index < -0.39 is 0 Å². The van der Waals surface area contributed by atoms with E-state index in [9.17, 15) is 5.11 Å². The molecule has 0 saturated carbocycles. The Balaban J connectivity index is 2.03. The Kier molecular flexibility index (Phi) is 4.61. The van der Waals surface area contributed by atoms with Crippen LogP contribution in [0.1, 0.15) is 32.3 Å². The SMILES string of the molecule is CCCC1CNC(C)CN1Cc1cccc(O)c1. The van der Waals surface area contributed by atoms with Gasteiger partial charge >= 0.3 is 0 Å². The summed E-state index contributed by atoms with van der Waals surface area (Å²) in [7, 11) is 0. The van der Waals surface area contributed by atoms with Gasteiger partial charge in [-0.25, -0.2) is 0 Å². The first kappa shape index (κ1) is 13.4. The maximum absolute atomic E-state index is 9.53. The van der Waals surface area contributed by atoms with Crippen LogP contribution < -0.4 is 5.32 Å². The van der Waals surface area contributed by atoms with E-state index in [0.29, 0.717) is 17.8 Å². The number of benzene rings is 1. The third kappa shape index (κ3) is 3.47. The van der Waals surface area contributed by atoms with Crippen molar-refractivity contribution in [3.05, 3.63) is 29.8 Å². The molecule has 3 nitrogen and oxygen atoms in total. The number of rotatable bonds is 4. The summed E-state index contributed by atoms with van der Waals surface area (Å²) in [6, 6.07) is 8.79. The molecule has 2 rings (SSSR count). The number of aromatic hydroxyl groups is 1. The van der Waals surface area contributed by atoms with Crippen LogP contribution in [0.2, 0.25) is 0 Å². The molecule has 1 aromatic rings. The van der Waals surface area contributed by atoms with Crippen molar-refractivity contribution in [2.75, 3.05) is 13.1 Å². The molecule has 0 amide bonds. The largest absolute Gasteiger partial charge is 0.508 e. The van der Waals surface area contributed by atoms with Gasteiger partial charge in [-0.05, 0) is 31.0 Å². The van der Waals surface area contributed by atoms with Crippen LogP contribution in [0, 0.1) is 0 Å². The van der Waals surface area contributed by atoms with E-state index in [1.807, 2.05) is 12.1 Å². The summed E-state index contributed by atoms with van der Waals surface area (Å²) in [6.45, 7) is 7.57. The fourth-order valence-electron chi connectivity index (χ4n) is 2.73. The number of nitrogens with zero attached hydrogens (tertiary/aromatic N) is 1. The smallest absolute Gasteiger partial charge is 0.115 e. The standard InChI is InChI=1S/C15H24N2O/c1-3-5-14-9-16-12(2)10-17(14)11-13-6-4-7-15(18)8-13/h4,6-8,12,14,16,18H,3,5,9-11H2,1-2H3. The van der Waals surface area contributed by atoms with Crippen molar-refractivity contribution in [2.24, 2.45) is 0 Å². The zero-order valence-corrected chi connectivity index (χ0v) is 11.4. The first-order valence-electron chi connectivity index (χ1n) is 6.94. The molecule has 2 atom stereocenters. The van der Waals surface area contributed by atoms with Crippen molar-refractivity contribution in [1.29, 1.82) is 0 Å². The van der Waals surface area contributed by atoms with Crippen molar-refractivity contribution in [3.8, 4) is 5.75 Å². The Hall–Kier alpha value is -1.06. The molecule has 1 heterocycles. The number of hydrogen-bond acceptors (Lipinski definition) is 3. The van der Waals surface area contributed by atoms with Crippen LogP contribution in [0.3, 0.4) is 0 Å². The van der Waals surface area contributed by atoms with E-state index >= 15 is 0 Å². The lowest BCUT2D eigenvalue weighted by Gasteiger charge is -2.39. The Morgan fingerprint density at radius 2 is 2.28 bits per heavy atom. The van der Waals surface area contributed by atoms with Crippen LogP contribution in [-0.2, 0) is 6.54 Å². The Bertz CT molecular complexity index is 381. The van der Waals surface area contributed by atoms with Gasteiger partial charge in [0.1, 0.15) is 5.75 Å². The predicted octanol–water partition coefficient (Wildman–Crippen LogP) is 2.35. The number of phenols is 1. The molecule has 0 aromatic heterocycles. The summed E-state index contributed by atoms with van der Waals surface area (Å²) in [5.41, 5.74) is 1.20. The molecule has 100 valence electrons. The monoisotopic (exact) mass is 248 g/mol. The summed E-state index contributed by atoms with van der Waals surface area (Å²) in [5.74, 6) is 0.364. The van der Waals surface area contributed by atoms with Gasteiger partial charge in [-0.3, -0.25) is 4.90 Å². The molecule has 1 aromatic carbocycles. The lowest BCUT2D eigenvalue weighted by molar-refractivity contribution is 0.120. The van der Waals surface area contributed by atoms with E-state index in [1.54, 1.807) is 6.07 Å². The minimum absolute atomic E-state index is 0.364. The number of phenolic OH excluding ortho intramolecular Hbond substituents is 1. The van der Waals surface area contributed by atoms with Gasteiger partial charge in [0.05, 0.1) is 0 Å². The molecule has 1 aliphatic rings. The van der Waals surface area contributed by atoms with Gasteiger partial charge in [-0.15, -0.1) is 0 Å². The van der Waals surface area contributed by atoms with Crippen molar-refractivity contribution in [2.45, 2.75) is 45.3 Å². The summed E-state index contributed by atoms with van der Waals surface area (Å²) in [6.07, 6.45) is 2.45. The Morgan fingerprint density at radius 3 is 3.00 bits per heavy atom. The van der Waals surface area contributed by atoms with E-state index in [-0.39, 0.29) is 0 Å². The second-order valence-corrected chi connectivity index (χ2v) is 5.35. The van der Waals surface area contributed by atoms with Crippen LogP contribution in [0.5, 0.6) is 5.75 Å². The first-order chi connectivity index (χ1) is 8.69. The zero-order valence-electron chi connectivity index (χ0n) is 11.4. The van der Waals surface area contributed by atoms with Crippen molar-refractivity contribution in [1.82, 2.24) is 10.2 Å². The van der Waals surface area contributed by atoms with Gasteiger partial charge in [0.15, 0.2) is 0 Å². The molecule has 0 spiro atoms. The summed E-state index contributed by atoms with van der Waals surface area (Å²) in [5, 5.41) is 13.1. The zero-order chi connectivity index (χ0) is 13.0. The molecule has 0 bridgehead atoms. The predicted molar refractivity (Wildman–Crippen MR) is 74.7 cm³/mol. The lowest BCUT2D eigenvalue weighted by Crippen LogP contribution is -2.54. The maximum Gasteiger partial charge on any atom is 0.115 e. The molecule has 2 N–H and O–H groups in total. The molecular weight excluding hydrogens is 224 g/mol. The highest BCUT2D eigenvalue weighted by atomic mass is 16.3. The van der Waals surface area contributed by atoms with Crippen LogP contribution in [0.15, 0.2) is 24.3 Å². The first-order valence-corrected chi connectivity index (χ1v) is 6.94. The molecule has 2 unspecified atom stereocenters. The highest BCUT2D eigenvalue weighted by Crippen LogP contribution is 2.18. The lowest BCUT2D eigenvalue weighted by atomic mass is 10.0. The number of piperazine rings is 1. The topological polar surface area (TPSA) is 35.5 Å². The summed E-state index contributed by atoms with van der Waals surface area (Å²) < 4.78 is 0. The van der Waals surface area contributed by atoms with E-state index in [2.05, 4.69) is 30.1 Å². The minimum Gasteiger partial charge on any atom is -0.508 e. The van der Waals surface area contributed by atoms with Gasteiger partial charge in [0, 0.05) is 31.7 Å². The van der Waals surface area contributed by atoms with E-state index in [0.717, 1.165) is 19.6 Å². The number of nitrogens with one attached hydrogen (secondary N) is 1. The minimum atomic E-state index is 0.364. The van der Waals surface area contributed by atoms with Gasteiger partial charge < -0.3 is 10.4 Å². The van der Waals surface area contributed by atoms with Crippen LogP contribution in [0.4, 0.5) is 0 Å². The second-order valence-electron chi connectivity index (χ2n) is 5.35. The summed E-state index contributed by atoms with van der Waals surface area (Å²) in [4.78, 5) is 2.54. The molecule has 3 heteroatoms. The van der Waals surface area contributed by atoms with Gasteiger partial charge in [-0.1, -0.05) is 25.5 Å². The van der Waals surface area contributed by atoms with Gasteiger partial charge in [-0.2, -0.15) is 0 Å². The van der Waals surface area contributed by atoms with Crippen molar-refractivity contribution < 1.29 is 5.11 Å². The fraction of sp³-hybridized carbons (Fsp3) is 0.600.